The predicted molar refractivity (Wildman–Crippen MR) is 119 cm³/mol. The average molecular weight is 401 g/mol. The maximum atomic E-state index is 12.7. The van der Waals surface area contributed by atoms with E-state index in [1.807, 2.05) is 39.0 Å². The Kier molecular flexibility index (Phi) is 4.87. The molecule has 4 aromatic rings. The van der Waals surface area contributed by atoms with Gasteiger partial charge in [-0.3, -0.25) is 9.89 Å². The smallest absolute Gasteiger partial charge is 0.255 e. The number of benzene rings is 2. The number of methoxy groups -OCH3 is 1. The Morgan fingerprint density at radius 1 is 1.10 bits per heavy atom. The molecule has 4 N–H and O–H groups in total. The average Bonchev–Trinajstić information content (AvgIpc) is 3.12. The van der Waals surface area contributed by atoms with Gasteiger partial charge in [0.15, 0.2) is 11.5 Å². The van der Waals surface area contributed by atoms with Gasteiger partial charge in [0, 0.05) is 16.8 Å². The summed E-state index contributed by atoms with van der Waals surface area (Å²) in [6, 6.07) is 12.8. The van der Waals surface area contributed by atoms with Crippen molar-refractivity contribution in [2.75, 3.05) is 18.2 Å². The molecule has 0 aliphatic rings. The second kappa shape index (κ2) is 7.51. The number of ether oxygens (including phenoxy) is 1. The summed E-state index contributed by atoms with van der Waals surface area (Å²) in [5.74, 6) is 0.872. The van der Waals surface area contributed by atoms with E-state index in [2.05, 4.69) is 15.5 Å². The van der Waals surface area contributed by atoms with Crippen LogP contribution in [0.2, 0.25) is 0 Å². The molecule has 7 heteroatoms. The molecule has 0 atom stereocenters. The number of aryl methyl sites for hydroxylation is 2. The quantitative estimate of drug-likeness (QED) is 0.470. The number of pyridine rings is 1. The normalized spacial score (nSPS) is 10.9. The number of aromatic nitrogens is 3. The van der Waals surface area contributed by atoms with E-state index in [1.54, 1.807) is 31.4 Å². The van der Waals surface area contributed by atoms with Gasteiger partial charge in [-0.25, -0.2) is 4.98 Å². The van der Waals surface area contributed by atoms with Gasteiger partial charge in [-0.05, 0) is 67.8 Å². The molecule has 1 amide bonds. The van der Waals surface area contributed by atoms with Crippen molar-refractivity contribution in [3.63, 3.8) is 0 Å². The lowest BCUT2D eigenvalue weighted by Crippen LogP contribution is -2.12. The third kappa shape index (κ3) is 3.34. The van der Waals surface area contributed by atoms with Crippen LogP contribution in [0.3, 0.4) is 0 Å². The Labute approximate surface area is 174 Å². The SMILES string of the molecule is COc1cccc(C(=O)Nc2ccc(C)c(-c3nc4[nH]nc(N)c4c(C)c3C)c2)c1. The van der Waals surface area contributed by atoms with Crippen LogP contribution in [0, 0.1) is 20.8 Å². The van der Waals surface area contributed by atoms with Gasteiger partial charge < -0.3 is 15.8 Å². The zero-order valence-electron chi connectivity index (χ0n) is 17.3. The van der Waals surface area contributed by atoms with Crippen molar-refractivity contribution in [2.45, 2.75) is 20.8 Å². The minimum atomic E-state index is -0.207. The van der Waals surface area contributed by atoms with Crippen molar-refractivity contribution >= 4 is 28.4 Å². The number of hydrogen-bond donors (Lipinski definition) is 3. The molecule has 0 spiro atoms. The molecule has 2 aromatic heterocycles. The van der Waals surface area contributed by atoms with Crippen LogP contribution in [0.5, 0.6) is 5.75 Å². The van der Waals surface area contributed by atoms with Gasteiger partial charge >= 0.3 is 0 Å². The number of carbonyl (C=O) groups excluding carboxylic acids is 1. The zero-order chi connectivity index (χ0) is 21.4. The van der Waals surface area contributed by atoms with Gasteiger partial charge in [-0.1, -0.05) is 12.1 Å². The number of aromatic amines is 1. The lowest BCUT2D eigenvalue weighted by Gasteiger charge is -2.14. The summed E-state index contributed by atoms with van der Waals surface area (Å²) in [6.45, 7) is 6.05. The third-order valence-corrected chi connectivity index (χ3v) is 5.37. The van der Waals surface area contributed by atoms with Crippen LogP contribution in [-0.4, -0.2) is 28.2 Å². The van der Waals surface area contributed by atoms with Crippen LogP contribution in [0.4, 0.5) is 11.5 Å². The second-order valence-electron chi connectivity index (χ2n) is 7.26. The molecular formula is C23H23N5O2. The third-order valence-electron chi connectivity index (χ3n) is 5.37. The fourth-order valence-corrected chi connectivity index (χ4v) is 3.54. The number of rotatable bonds is 4. The number of hydrogen-bond acceptors (Lipinski definition) is 5. The number of amides is 1. The molecule has 4 rings (SSSR count). The summed E-state index contributed by atoms with van der Waals surface area (Å²) < 4.78 is 5.20. The number of nitrogens with zero attached hydrogens (tertiary/aromatic N) is 2. The Morgan fingerprint density at radius 3 is 2.67 bits per heavy atom. The van der Waals surface area contributed by atoms with Crippen molar-refractivity contribution in [3.8, 4) is 17.0 Å². The van der Waals surface area contributed by atoms with Crippen molar-refractivity contribution in [1.82, 2.24) is 15.2 Å². The number of nitrogen functional groups attached to an aromatic ring is 1. The molecule has 0 radical (unpaired) electrons. The van der Waals surface area contributed by atoms with Crippen LogP contribution in [0.1, 0.15) is 27.0 Å². The van der Waals surface area contributed by atoms with Gasteiger partial charge in [0.1, 0.15) is 5.75 Å². The van der Waals surface area contributed by atoms with Gasteiger partial charge in [0.05, 0.1) is 18.2 Å². The zero-order valence-corrected chi connectivity index (χ0v) is 17.3. The molecule has 2 heterocycles. The summed E-state index contributed by atoms with van der Waals surface area (Å²) >= 11 is 0. The molecule has 0 fully saturated rings. The van der Waals surface area contributed by atoms with Crippen molar-refractivity contribution in [1.29, 1.82) is 0 Å². The first-order valence-corrected chi connectivity index (χ1v) is 9.56. The van der Waals surface area contributed by atoms with Crippen molar-refractivity contribution in [3.05, 3.63) is 64.7 Å². The van der Waals surface area contributed by atoms with Crippen LogP contribution < -0.4 is 15.8 Å². The molecule has 0 saturated carbocycles. The Morgan fingerprint density at radius 2 is 1.90 bits per heavy atom. The van der Waals surface area contributed by atoms with Crippen molar-refractivity contribution < 1.29 is 9.53 Å². The molecule has 0 aliphatic carbocycles. The molecular weight excluding hydrogens is 378 g/mol. The van der Waals surface area contributed by atoms with E-state index in [0.717, 1.165) is 33.3 Å². The number of nitrogens with one attached hydrogen (secondary N) is 2. The Balaban J connectivity index is 1.73. The first kappa shape index (κ1) is 19.4. The van der Waals surface area contributed by atoms with E-state index in [-0.39, 0.29) is 5.91 Å². The monoisotopic (exact) mass is 401 g/mol. The number of fused-ring (bicyclic) bond motifs is 1. The minimum absolute atomic E-state index is 0.207. The lowest BCUT2D eigenvalue weighted by atomic mass is 9.97. The van der Waals surface area contributed by atoms with Crippen LogP contribution in [-0.2, 0) is 0 Å². The van der Waals surface area contributed by atoms with Gasteiger partial charge in [0.25, 0.3) is 5.91 Å². The number of H-pyrrole nitrogens is 1. The number of anilines is 2. The first-order valence-electron chi connectivity index (χ1n) is 9.56. The highest BCUT2D eigenvalue weighted by Crippen LogP contribution is 2.33. The molecule has 0 saturated heterocycles. The summed E-state index contributed by atoms with van der Waals surface area (Å²) in [7, 11) is 1.57. The largest absolute Gasteiger partial charge is 0.497 e. The van der Waals surface area contributed by atoms with Crippen LogP contribution in [0.25, 0.3) is 22.3 Å². The molecule has 0 unspecified atom stereocenters. The maximum Gasteiger partial charge on any atom is 0.255 e. The maximum absolute atomic E-state index is 12.7. The van der Waals surface area contributed by atoms with Gasteiger partial charge in [-0.15, -0.1) is 0 Å². The van der Waals surface area contributed by atoms with Gasteiger partial charge in [-0.2, -0.15) is 5.10 Å². The second-order valence-corrected chi connectivity index (χ2v) is 7.26. The van der Waals surface area contributed by atoms with E-state index in [4.69, 9.17) is 15.5 Å². The van der Waals surface area contributed by atoms with E-state index in [0.29, 0.717) is 28.5 Å². The van der Waals surface area contributed by atoms with Crippen LogP contribution >= 0.6 is 0 Å². The first-order chi connectivity index (χ1) is 14.4. The predicted octanol–water partition coefficient (Wildman–Crippen LogP) is 4.39. The lowest BCUT2D eigenvalue weighted by molar-refractivity contribution is 0.102. The highest BCUT2D eigenvalue weighted by atomic mass is 16.5. The number of carbonyl (C=O) groups is 1. The van der Waals surface area contributed by atoms with E-state index in [9.17, 15) is 4.79 Å². The van der Waals surface area contributed by atoms with E-state index in [1.165, 1.54) is 0 Å². The molecule has 0 aliphatic heterocycles. The Bertz CT molecular complexity index is 1280. The molecule has 0 bridgehead atoms. The molecule has 30 heavy (non-hydrogen) atoms. The molecule has 2 aromatic carbocycles. The summed E-state index contributed by atoms with van der Waals surface area (Å²) in [6.07, 6.45) is 0. The van der Waals surface area contributed by atoms with E-state index < -0.39 is 0 Å². The summed E-state index contributed by atoms with van der Waals surface area (Å²) in [5.41, 5.74) is 12.7. The van der Waals surface area contributed by atoms with E-state index >= 15 is 0 Å². The summed E-state index contributed by atoms with van der Waals surface area (Å²) in [4.78, 5) is 17.5. The highest BCUT2D eigenvalue weighted by molar-refractivity contribution is 6.05. The number of nitrogens with two attached hydrogens (primary N) is 1. The standard InChI is InChI=1S/C23H23N5O2/c1-12-8-9-16(25-23(29)15-6-5-7-17(10-15)30-4)11-18(12)20-14(3)13(2)19-21(24)27-28-22(19)26-20/h5-11H,1-4H3,(H,25,29)(H3,24,26,27,28). The summed E-state index contributed by atoms with van der Waals surface area (Å²) in [5, 5.41) is 10.8. The Hall–Kier alpha value is -3.87. The highest BCUT2D eigenvalue weighted by Gasteiger charge is 2.17. The van der Waals surface area contributed by atoms with Crippen molar-refractivity contribution in [2.24, 2.45) is 0 Å². The molecule has 7 nitrogen and oxygen atoms in total. The topological polar surface area (TPSA) is 106 Å². The van der Waals surface area contributed by atoms with Gasteiger partial charge in [0.2, 0.25) is 0 Å². The van der Waals surface area contributed by atoms with Crippen LogP contribution in [0.15, 0.2) is 42.5 Å². The fraction of sp³-hybridized carbons (Fsp3) is 0.174. The fourth-order valence-electron chi connectivity index (χ4n) is 3.54. The minimum Gasteiger partial charge on any atom is -0.497 e. The molecule has 152 valence electrons.